The number of hydrogen-bond donors (Lipinski definition) is 1. The second kappa shape index (κ2) is 6.72. The number of carbonyl (C=O) groups excluding carboxylic acids is 1. The first-order chi connectivity index (χ1) is 14.0. The Bertz CT molecular complexity index is 1250. The summed E-state index contributed by atoms with van der Waals surface area (Å²) in [7, 11) is 0. The van der Waals surface area contributed by atoms with Crippen LogP contribution in [-0.4, -0.2) is 36.9 Å². The summed E-state index contributed by atoms with van der Waals surface area (Å²) in [6.07, 6.45) is 2.07. The van der Waals surface area contributed by atoms with Crippen LogP contribution in [0.25, 0.3) is 16.6 Å². The van der Waals surface area contributed by atoms with Crippen molar-refractivity contribution in [2.45, 2.75) is 46.6 Å². The van der Waals surface area contributed by atoms with Gasteiger partial charge in [0.2, 0.25) is 5.91 Å². The highest BCUT2D eigenvalue weighted by molar-refractivity contribution is 5.86. The summed E-state index contributed by atoms with van der Waals surface area (Å²) in [6, 6.07) is 10.3. The summed E-state index contributed by atoms with van der Waals surface area (Å²) in [4.78, 5) is 23.2. The van der Waals surface area contributed by atoms with Gasteiger partial charge in [0.05, 0.1) is 5.69 Å². The largest absolute Gasteiger partial charge is 0.358 e. The second-order valence-electron chi connectivity index (χ2n) is 8.01. The van der Waals surface area contributed by atoms with E-state index in [1.165, 1.54) is 16.6 Å². The molecule has 0 fully saturated rings. The number of nitrogens with zero attached hydrogens (tertiary/aromatic N) is 4. The van der Waals surface area contributed by atoms with E-state index in [4.69, 9.17) is 0 Å². The summed E-state index contributed by atoms with van der Waals surface area (Å²) >= 11 is 0. The molecule has 1 aliphatic rings. The van der Waals surface area contributed by atoms with Crippen molar-refractivity contribution in [2.75, 3.05) is 6.54 Å². The summed E-state index contributed by atoms with van der Waals surface area (Å²) < 4.78 is 1.89. The van der Waals surface area contributed by atoms with Crippen molar-refractivity contribution in [1.82, 2.24) is 24.5 Å². The molecule has 1 aliphatic heterocycles. The molecule has 0 saturated carbocycles. The number of fused-ring (bicyclic) bond motifs is 4. The van der Waals surface area contributed by atoms with Crippen LogP contribution in [0.1, 0.15) is 40.3 Å². The number of rotatable bonds is 3. The molecule has 0 spiro atoms. The summed E-state index contributed by atoms with van der Waals surface area (Å²) in [5.41, 5.74) is 8.71. The minimum absolute atomic E-state index is 0.205. The molecule has 5 rings (SSSR count). The van der Waals surface area contributed by atoms with Crippen molar-refractivity contribution < 1.29 is 4.79 Å². The maximum atomic E-state index is 13.0. The van der Waals surface area contributed by atoms with E-state index in [-0.39, 0.29) is 5.91 Å². The molecule has 3 aromatic heterocycles. The van der Waals surface area contributed by atoms with Gasteiger partial charge in [-0.15, -0.1) is 0 Å². The van der Waals surface area contributed by atoms with Gasteiger partial charge in [0.25, 0.3) is 0 Å². The molecular weight excluding hydrogens is 362 g/mol. The third kappa shape index (κ3) is 2.99. The molecule has 148 valence electrons. The monoisotopic (exact) mass is 387 g/mol. The first kappa shape index (κ1) is 17.9. The minimum atomic E-state index is 0.205. The third-order valence-electron chi connectivity index (χ3n) is 6.11. The van der Waals surface area contributed by atoms with Crippen LogP contribution in [0.4, 0.5) is 0 Å². The normalized spacial score (nSPS) is 14.0. The zero-order valence-corrected chi connectivity index (χ0v) is 17.1. The second-order valence-corrected chi connectivity index (χ2v) is 8.01. The van der Waals surface area contributed by atoms with E-state index in [2.05, 4.69) is 40.2 Å². The number of aryl methyl sites for hydroxylation is 3. The average molecular weight is 387 g/mol. The molecule has 0 atom stereocenters. The quantitative estimate of drug-likeness (QED) is 0.583. The van der Waals surface area contributed by atoms with Crippen LogP contribution in [0, 0.1) is 20.8 Å². The van der Waals surface area contributed by atoms with E-state index in [0.29, 0.717) is 19.4 Å². The van der Waals surface area contributed by atoms with Crippen molar-refractivity contribution in [3.05, 3.63) is 64.2 Å². The van der Waals surface area contributed by atoms with Crippen molar-refractivity contribution in [3.63, 3.8) is 0 Å². The van der Waals surface area contributed by atoms with Gasteiger partial charge in [-0.05, 0) is 38.8 Å². The van der Waals surface area contributed by atoms with Crippen LogP contribution in [0.2, 0.25) is 0 Å². The van der Waals surface area contributed by atoms with E-state index in [0.717, 1.165) is 46.8 Å². The molecule has 0 radical (unpaired) electrons. The highest BCUT2D eigenvalue weighted by Crippen LogP contribution is 2.28. The molecule has 6 nitrogen and oxygen atoms in total. The van der Waals surface area contributed by atoms with E-state index >= 15 is 0 Å². The van der Waals surface area contributed by atoms with Crippen LogP contribution in [-0.2, 0) is 24.2 Å². The maximum Gasteiger partial charge on any atom is 0.223 e. The Morgan fingerprint density at radius 2 is 2.03 bits per heavy atom. The lowest BCUT2D eigenvalue weighted by molar-refractivity contribution is -0.132. The van der Waals surface area contributed by atoms with Crippen molar-refractivity contribution in [1.29, 1.82) is 0 Å². The molecule has 0 bridgehead atoms. The zero-order valence-electron chi connectivity index (χ0n) is 17.1. The standard InChI is InChI=1S/C23H25N5O/c1-14-12-22-24-15(2)17(16(3)28(22)26-14)8-9-23(29)27-11-10-21-19(13-27)18-6-4-5-7-20(18)25-21/h4-7,12,25H,8-11,13H2,1-3H3. The SMILES string of the molecule is Cc1cc2nc(C)c(CCC(=O)N3CCc4[nH]c5ccccc5c4C3)c(C)n2n1. The van der Waals surface area contributed by atoms with Crippen molar-refractivity contribution in [3.8, 4) is 0 Å². The molecule has 6 heteroatoms. The minimum Gasteiger partial charge on any atom is -0.358 e. The van der Waals surface area contributed by atoms with Gasteiger partial charge in [-0.25, -0.2) is 9.50 Å². The fraction of sp³-hybridized carbons (Fsp3) is 0.348. The average Bonchev–Trinajstić information content (AvgIpc) is 3.27. The third-order valence-corrected chi connectivity index (χ3v) is 6.11. The number of carbonyl (C=O) groups is 1. The number of amides is 1. The molecule has 4 aromatic rings. The first-order valence-corrected chi connectivity index (χ1v) is 10.2. The molecule has 1 N–H and O–H groups in total. The molecule has 0 aliphatic carbocycles. The lowest BCUT2D eigenvalue weighted by Gasteiger charge is -2.27. The number of benzene rings is 1. The highest BCUT2D eigenvalue weighted by atomic mass is 16.2. The van der Waals surface area contributed by atoms with Crippen LogP contribution < -0.4 is 0 Å². The summed E-state index contributed by atoms with van der Waals surface area (Å²) in [5.74, 6) is 0.205. The van der Waals surface area contributed by atoms with Gasteiger partial charge in [-0.1, -0.05) is 18.2 Å². The molecular formula is C23H25N5O. The maximum absolute atomic E-state index is 13.0. The first-order valence-electron chi connectivity index (χ1n) is 10.2. The molecule has 1 amide bonds. The van der Waals surface area contributed by atoms with Gasteiger partial charge in [-0.3, -0.25) is 4.79 Å². The fourth-order valence-electron chi connectivity index (χ4n) is 4.57. The van der Waals surface area contributed by atoms with Gasteiger partial charge in [0.1, 0.15) is 0 Å². The lowest BCUT2D eigenvalue weighted by atomic mass is 10.0. The van der Waals surface area contributed by atoms with Gasteiger partial charge in [-0.2, -0.15) is 5.10 Å². The van der Waals surface area contributed by atoms with Crippen LogP contribution >= 0.6 is 0 Å². The van der Waals surface area contributed by atoms with Crippen LogP contribution in [0.5, 0.6) is 0 Å². The molecule has 0 unspecified atom stereocenters. The van der Waals surface area contributed by atoms with Gasteiger partial charge < -0.3 is 9.88 Å². The molecule has 29 heavy (non-hydrogen) atoms. The van der Waals surface area contributed by atoms with Crippen LogP contribution in [0.3, 0.4) is 0 Å². The Morgan fingerprint density at radius 3 is 2.90 bits per heavy atom. The number of para-hydroxylation sites is 1. The zero-order chi connectivity index (χ0) is 20.1. The fourth-order valence-corrected chi connectivity index (χ4v) is 4.57. The predicted octanol–water partition coefficient (Wildman–Crippen LogP) is 3.65. The van der Waals surface area contributed by atoms with Crippen LogP contribution in [0.15, 0.2) is 30.3 Å². The highest BCUT2D eigenvalue weighted by Gasteiger charge is 2.24. The Morgan fingerprint density at radius 1 is 1.21 bits per heavy atom. The van der Waals surface area contributed by atoms with E-state index in [1.54, 1.807) is 0 Å². The van der Waals surface area contributed by atoms with Crippen molar-refractivity contribution in [2.24, 2.45) is 0 Å². The van der Waals surface area contributed by atoms with Gasteiger partial charge in [0, 0.05) is 65.5 Å². The summed E-state index contributed by atoms with van der Waals surface area (Å²) in [5, 5.41) is 5.77. The predicted molar refractivity (Wildman–Crippen MR) is 113 cm³/mol. The number of aromatic nitrogens is 4. The Kier molecular flexibility index (Phi) is 4.15. The van der Waals surface area contributed by atoms with E-state index in [9.17, 15) is 4.79 Å². The Hall–Kier alpha value is -3.15. The lowest BCUT2D eigenvalue weighted by Crippen LogP contribution is -2.36. The topological polar surface area (TPSA) is 66.3 Å². The number of nitrogens with one attached hydrogen (secondary N) is 1. The molecule has 1 aromatic carbocycles. The number of hydrogen-bond acceptors (Lipinski definition) is 3. The number of H-pyrrole nitrogens is 1. The van der Waals surface area contributed by atoms with Gasteiger partial charge >= 0.3 is 0 Å². The molecule has 0 saturated heterocycles. The Labute approximate surface area is 169 Å². The van der Waals surface area contributed by atoms with E-state index in [1.807, 2.05) is 35.4 Å². The van der Waals surface area contributed by atoms with Gasteiger partial charge in [0.15, 0.2) is 5.65 Å². The summed E-state index contributed by atoms with van der Waals surface area (Å²) in [6.45, 7) is 7.52. The number of aromatic amines is 1. The smallest absolute Gasteiger partial charge is 0.223 e. The van der Waals surface area contributed by atoms with E-state index < -0.39 is 0 Å². The molecule has 4 heterocycles. The Balaban J connectivity index is 1.35. The van der Waals surface area contributed by atoms with Crippen molar-refractivity contribution >= 4 is 22.5 Å².